The molecule has 0 aliphatic rings. The van der Waals surface area contributed by atoms with Gasteiger partial charge in [-0.25, -0.2) is 9.18 Å². The summed E-state index contributed by atoms with van der Waals surface area (Å²) in [6.07, 6.45) is 0. The first-order valence-corrected chi connectivity index (χ1v) is 5.94. The molecule has 2 aromatic carbocycles. The highest BCUT2D eigenvalue weighted by molar-refractivity contribution is 6.30. The third kappa shape index (κ3) is 3.45. The molecule has 0 spiro atoms. The molecule has 98 valence electrons. The minimum atomic E-state index is -1.02. The molecule has 19 heavy (non-hydrogen) atoms. The van der Waals surface area contributed by atoms with Crippen molar-refractivity contribution < 1.29 is 14.3 Å². The number of carbonyl (C=O) groups is 1. The summed E-state index contributed by atoms with van der Waals surface area (Å²) >= 11 is 5.76. The van der Waals surface area contributed by atoms with E-state index in [2.05, 4.69) is 5.32 Å². The Morgan fingerprint density at radius 2 is 1.68 bits per heavy atom. The molecule has 5 heteroatoms. The van der Waals surface area contributed by atoms with Crippen LogP contribution in [0.2, 0.25) is 5.02 Å². The SMILES string of the molecule is O=C(O)[C@@H](Nc1ccc(F)cc1)c1ccc(Cl)cc1. The molecule has 0 unspecified atom stereocenters. The Labute approximate surface area is 114 Å². The topological polar surface area (TPSA) is 49.3 Å². The van der Waals surface area contributed by atoms with E-state index >= 15 is 0 Å². The van der Waals surface area contributed by atoms with Crippen molar-refractivity contribution in [1.82, 2.24) is 0 Å². The van der Waals surface area contributed by atoms with E-state index in [1.807, 2.05) is 0 Å². The molecule has 3 nitrogen and oxygen atoms in total. The van der Waals surface area contributed by atoms with Crippen LogP contribution in [0.1, 0.15) is 11.6 Å². The monoisotopic (exact) mass is 279 g/mol. The largest absolute Gasteiger partial charge is 0.479 e. The summed E-state index contributed by atoms with van der Waals surface area (Å²) < 4.78 is 12.8. The van der Waals surface area contributed by atoms with E-state index in [9.17, 15) is 14.3 Å². The molecule has 0 saturated carbocycles. The molecule has 0 radical (unpaired) electrons. The number of carboxylic acid groups (broad SMARTS) is 1. The van der Waals surface area contributed by atoms with Crippen molar-refractivity contribution in [3.63, 3.8) is 0 Å². The Hall–Kier alpha value is -2.07. The van der Waals surface area contributed by atoms with Crippen LogP contribution in [-0.2, 0) is 4.79 Å². The third-order valence-electron chi connectivity index (χ3n) is 2.61. The number of carboxylic acids is 1. The van der Waals surface area contributed by atoms with Crippen LogP contribution >= 0.6 is 11.6 Å². The maximum Gasteiger partial charge on any atom is 0.330 e. The van der Waals surface area contributed by atoms with Gasteiger partial charge < -0.3 is 10.4 Å². The second-order valence-corrected chi connectivity index (χ2v) is 4.41. The molecule has 0 heterocycles. The molecule has 0 aromatic heterocycles. The number of nitrogens with one attached hydrogen (secondary N) is 1. The van der Waals surface area contributed by atoms with E-state index in [0.29, 0.717) is 16.3 Å². The molecule has 0 fully saturated rings. The van der Waals surface area contributed by atoms with Gasteiger partial charge in [0.05, 0.1) is 0 Å². The van der Waals surface area contributed by atoms with Crippen molar-refractivity contribution in [2.24, 2.45) is 0 Å². The van der Waals surface area contributed by atoms with E-state index in [0.717, 1.165) is 0 Å². The van der Waals surface area contributed by atoms with E-state index in [1.54, 1.807) is 24.3 Å². The molecule has 2 N–H and O–H groups in total. The van der Waals surface area contributed by atoms with Crippen LogP contribution in [0.15, 0.2) is 48.5 Å². The van der Waals surface area contributed by atoms with Gasteiger partial charge in [0.2, 0.25) is 0 Å². The zero-order chi connectivity index (χ0) is 13.8. The van der Waals surface area contributed by atoms with Crippen LogP contribution in [0, 0.1) is 5.82 Å². The Kier molecular flexibility index (Phi) is 4.02. The van der Waals surface area contributed by atoms with Crippen LogP contribution in [-0.4, -0.2) is 11.1 Å². The fourth-order valence-corrected chi connectivity index (χ4v) is 1.78. The van der Waals surface area contributed by atoms with Crippen molar-refractivity contribution in [3.8, 4) is 0 Å². The fraction of sp³-hybridized carbons (Fsp3) is 0.0714. The normalized spacial score (nSPS) is 11.9. The maximum absolute atomic E-state index is 12.8. The van der Waals surface area contributed by atoms with Gasteiger partial charge in [0.1, 0.15) is 5.82 Å². The average molecular weight is 280 g/mol. The number of halogens is 2. The van der Waals surface area contributed by atoms with E-state index in [1.165, 1.54) is 24.3 Å². The van der Waals surface area contributed by atoms with Gasteiger partial charge in [0.15, 0.2) is 6.04 Å². The second-order valence-electron chi connectivity index (χ2n) is 3.97. The highest BCUT2D eigenvalue weighted by Gasteiger charge is 2.19. The van der Waals surface area contributed by atoms with Crippen LogP contribution in [0.5, 0.6) is 0 Å². The lowest BCUT2D eigenvalue weighted by molar-refractivity contribution is -0.138. The molecular formula is C14H11ClFNO2. The molecule has 2 aromatic rings. The molecule has 0 aliphatic carbocycles. The Morgan fingerprint density at radius 1 is 1.11 bits per heavy atom. The summed E-state index contributed by atoms with van der Waals surface area (Å²) in [5.74, 6) is -1.39. The Bertz CT molecular complexity index is 569. The highest BCUT2D eigenvalue weighted by atomic mass is 35.5. The summed E-state index contributed by atoms with van der Waals surface area (Å²) in [5.41, 5.74) is 1.10. The number of benzene rings is 2. The molecule has 2 rings (SSSR count). The molecule has 0 saturated heterocycles. The first-order valence-electron chi connectivity index (χ1n) is 5.56. The first kappa shape index (κ1) is 13.4. The number of aliphatic carboxylic acids is 1. The fourth-order valence-electron chi connectivity index (χ4n) is 1.66. The van der Waals surface area contributed by atoms with Gasteiger partial charge in [-0.2, -0.15) is 0 Å². The number of anilines is 1. The predicted molar refractivity (Wildman–Crippen MR) is 71.9 cm³/mol. The van der Waals surface area contributed by atoms with Gasteiger partial charge >= 0.3 is 5.97 Å². The van der Waals surface area contributed by atoms with Gasteiger partial charge in [-0.3, -0.25) is 0 Å². The average Bonchev–Trinajstić information content (AvgIpc) is 2.39. The lowest BCUT2D eigenvalue weighted by atomic mass is 10.1. The second kappa shape index (κ2) is 5.71. The maximum atomic E-state index is 12.8. The molecule has 0 aliphatic heterocycles. The smallest absolute Gasteiger partial charge is 0.330 e. The summed E-state index contributed by atoms with van der Waals surface area (Å²) in [5, 5.41) is 12.6. The predicted octanol–water partition coefficient (Wildman–Crippen LogP) is 3.72. The summed E-state index contributed by atoms with van der Waals surface area (Å²) in [6.45, 7) is 0. The van der Waals surface area contributed by atoms with Crippen molar-refractivity contribution in [3.05, 3.63) is 64.9 Å². The van der Waals surface area contributed by atoms with Crippen LogP contribution in [0.4, 0.5) is 10.1 Å². The molecular weight excluding hydrogens is 269 g/mol. The van der Waals surface area contributed by atoms with Crippen LogP contribution in [0.3, 0.4) is 0 Å². The minimum absolute atomic E-state index is 0.371. The number of hydrogen-bond donors (Lipinski definition) is 2. The van der Waals surface area contributed by atoms with Gasteiger partial charge in [-0.1, -0.05) is 23.7 Å². The Balaban J connectivity index is 2.23. The standard InChI is InChI=1S/C14H11ClFNO2/c15-10-3-1-9(2-4-10)13(14(18)19)17-12-7-5-11(16)6-8-12/h1-8,13,17H,(H,18,19)/t13-/m0/s1. The first-order chi connectivity index (χ1) is 9.06. The van der Waals surface area contributed by atoms with Crippen molar-refractivity contribution in [2.75, 3.05) is 5.32 Å². The number of rotatable bonds is 4. The lowest BCUT2D eigenvalue weighted by Gasteiger charge is -2.16. The van der Waals surface area contributed by atoms with Gasteiger partial charge in [-0.15, -0.1) is 0 Å². The van der Waals surface area contributed by atoms with Crippen molar-refractivity contribution >= 4 is 23.3 Å². The summed E-state index contributed by atoms with van der Waals surface area (Å²) in [7, 11) is 0. The van der Waals surface area contributed by atoms with Gasteiger partial charge in [0.25, 0.3) is 0 Å². The van der Waals surface area contributed by atoms with E-state index < -0.39 is 12.0 Å². The molecule has 1 atom stereocenters. The zero-order valence-corrected chi connectivity index (χ0v) is 10.6. The number of hydrogen-bond acceptors (Lipinski definition) is 2. The van der Waals surface area contributed by atoms with E-state index in [4.69, 9.17) is 11.6 Å². The third-order valence-corrected chi connectivity index (χ3v) is 2.86. The van der Waals surface area contributed by atoms with Crippen LogP contribution in [0.25, 0.3) is 0 Å². The van der Waals surface area contributed by atoms with E-state index in [-0.39, 0.29) is 5.82 Å². The molecule has 0 amide bonds. The van der Waals surface area contributed by atoms with Crippen LogP contribution < -0.4 is 5.32 Å². The highest BCUT2D eigenvalue weighted by Crippen LogP contribution is 2.21. The van der Waals surface area contributed by atoms with Crippen molar-refractivity contribution in [2.45, 2.75) is 6.04 Å². The molecule has 0 bridgehead atoms. The van der Waals surface area contributed by atoms with Gasteiger partial charge in [0, 0.05) is 10.7 Å². The summed E-state index contributed by atoms with van der Waals surface area (Å²) in [4.78, 5) is 11.3. The summed E-state index contributed by atoms with van der Waals surface area (Å²) in [6, 6.07) is 11.1. The Morgan fingerprint density at radius 3 is 2.21 bits per heavy atom. The van der Waals surface area contributed by atoms with Crippen molar-refractivity contribution in [1.29, 1.82) is 0 Å². The zero-order valence-electron chi connectivity index (χ0n) is 9.81. The lowest BCUT2D eigenvalue weighted by Crippen LogP contribution is -2.20. The minimum Gasteiger partial charge on any atom is -0.479 e. The quantitative estimate of drug-likeness (QED) is 0.897. The van der Waals surface area contributed by atoms with Gasteiger partial charge in [-0.05, 0) is 42.0 Å².